The number of thiazole rings is 1. The van der Waals surface area contributed by atoms with Gasteiger partial charge in [-0.2, -0.15) is 0 Å². The van der Waals surface area contributed by atoms with Gasteiger partial charge in [-0.3, -0.25) is 4.79 Å². The van der Waals surface area contributed by atoms with Gasteiger partial charge in [0.2, 0.25) is 0 Å². The highest BCUT2D eigenvalue weighted by Crippen LogP contribution is 2.31. The van der Waals surface area contributed by atoms with Crippen LogP contribution in [0, 0.1) is 0 Å². The van der Waals surface area contributed by atoms with Crippen molar-refractivity contribution in [1.29, 1.82) is 0 Å². The van der Waals surface area contributed by atoms with Gasteiger partial charge < -0.3 is 9.64 Å². The molecule has 4 nitrogen and oxygen atoms in total. The molecule has 0 radical (unpaired) electrons. The first-order valence-corrected chi connectivity index (χ1v) is 9.94. The number of benzene rings is 2. The number of rotatable bonds is 4. The molecule has 1 fully saturated rings. The summed E-state index contributed by atoms with van der Waals surface area (Å²) >= 11 is 1.68. The third kappa shape index (κ3) is 3.58. The van der Waals surface area contributed by atoms with Crippen LogP contribution < -0.4 is 4.74 Å². The summed E-state index contributed by atoms with van der Waals surface area (Å²) in [4.78, 5) is 19.1. The van der Waals surface area contributed by atoms with E-state index in [-0.39, 0.29) is 5.91 Å². The highest BCUT2D eigenvalue weighted by Gasteiger charge is 2.23. The standard InChI is InChI=1S/C21H22N2O2S/c1-15(21(24)23-13-5-2-6-14-23)25-17-11-9-16(10-12-17)20-22-18-7-3-4-8-19(18)26-20/h3-4,7-12,15H,2,5-6,13-14H2,1H3/t15-/m0/s1. The number of hydrogen-bond donors (Lipinski definition) is 0. The lowest BCUT2D eigenvalue weighted by molar-refractivity contribution is -0.138. The van der Waals surface area contributed by atoms with Gasteiger partial charge in [-0.15, -0.1) is 11.3 Å². The summed E-state index contributed by atoms with van der Waals surface area (Å²) in [6.07, 6.45) is 2.94. The molecule has 4 rings (SSSR count). The lowest BCUT2D eigenvalue weighted by atomic mass is 10.1. The minimum atomic E-state index is -0.457. The number of ether oxygens (including phenoxy) is 1. The van der Waals surface area contributed by atoms with Crippen molar-refractivity contribution in [2.75, 3.05) is 13.1 Å². The highest BCUT2D eigenvalue weighted by atomic mass is 32.1. The minimum Gasteiger partial charge on any atom is -0.481 e. The molecule has 5 heteroatoms. The number of carbonyl (C=O) groups is 1. The molecule has 0 spiro atoms. The number of piperidine rings is 1. The Balaban J connectivity index is 1.44. The molecule has 1 aliphatic heterocycles. The van der Waals surface area contributed by atoms with E-state index in [1.165, 1.54) is 11.1 Å². The molecule has 0 bridgehead atoms. The average Bonchev–Trinajstić information content (AvgIpc) is 3.13. The van der Waals surface area contributed by atoms with Gasteiger partial charge in [0.05, 0.1) is 10.2 Å². The van der Waals surface area contributed by atoms with Gasteiger partial charge in [-0.05, 0) is 62.6 Å². The Labute approximate surface area is 157 Å². The van der Waals surface area contributed by atoms with Crippen LogP contribution in [0.3, 0.4) is 0 Å². The second-order valence-electron chi connectivity index (χ2n) is 6.66. The smallest absolute Gasteiger partial charge is 0.263 e. The van der Waals surface area contributed by atoms with E-state index in [1.807, 2.05) is 54.3 Å². The van der Waals surface area contributed by atoms with Gasteiger partial charge in [0.1, 0.15) is 10.8 Å². The zero-order valence-electron chi connectivity index (χ0n) is 14.9. The maximum atomic E-state index is 12.5. The normalized spacial score (nSPS) is 15.8. The number of hydrogen-bond acceptors (Lipinski definition) is 4. The van der Waals surface area contributed by atoms with Crippen LogP contribution >= 0.6 is 11.3 Å². The van der Waals surface area contributed by atoms with Gasteiger partial charge in [0, 0.05) is 18.7 Å². The Hall–Kier alpha value is -2.40. The molecule has 0 unspecified atom stereocenters. The third-order valence-corrected chi connectivity index (χ3v) is 5.81. The number of fused-ring (bicyclic) bond motifs is 1. The van der Waals surface area contributed by atoms with Crippen LogP contribution in [0.5, 0.6) is 5.75 Å². The SMILES string of the molecule is C[C@H](Oc1ccc(-c2nc3ccccc3s2)cc1)C(=O)N1CCCCC1. The first kappa shape index (κ1) is 17.0. The highest BCUT2D eigenvalue weighted by molar-refractivity contribution is 7.21. The van der Waals surface area contributed by atoms with Crippen molar-refractivity contribution < 1.29 is 9.53 Å². The second kappa shape index (κ2) is 7.46. The van der Waals surface area contributed by atoms with E-state index in [0.717, 1.165) is 42.0 Å². The quantitative estimate of drug-likeness (QED) is 0.669. The Kier molecular flexibility index (Phi) is 4.89. The molecular weight excluding hydrogens is 344 g/mol. The van der Waals surface area contributed by atoms with Crippen molar-refractivity contribution in [3.63, 3.8) is 0 Å². The second-order valence-corrected chi connectivity index (χ2v) is 7.69. The first-order chi connectivity index (χ1) is 12.7. The van der Waals surface area contributed by atoms with Crippen LogP contribution in [-0.2, 0) is 4.79 Å². The molecule has 26 heavy (non-hydrogen) atoms. The van der Waals surface area contributed by atoms with Crippen LogP contribution in [0.15, 0.2) is 48.5 Å². The summed E-state index contributed by atoms with van der Waals surface area (Å²) in [5.41, 5.74) is 2.09. The van der Waals surface area contributed by atoms with Crippen molar-refractivity contribution in [2.24, 2.45) is 0 Å². The van der Waals surface area contributed by atoms with Gasteiger partial charge in [-0.25, -0.2) is 4.98 Å². The molecule has 1 aromatic heterocycles. The molecule has 1 amide bonds. The summed E-state index contributed by atoms with van der Waals surface area (Å²) in [7, 11) is 0. The molecule has 1 saturated heterocycles. The summed E-state index contributed by atoms with van der Waals surface area (Å²) in [5.74, 6) is 0.799. The number of carbonyl (C=O) groups excluding carboxylic acids is 1. The summed E-state index contributed by atoms with van der Waals surface area (Å²) < 4.78 is 7.05. The minimum absolute atomic E-state index is 0.0833. The number of aromatic nitrogens is 1. The predicted molar refractivity (Wildman–Crippen MR) is 106 cm³/mol. The maximum absolute atomic E-state index is 12.5. The Morgan fingerprint density at radius 1 is 1.08 bits per heavy atom. The maximum Gasteiger partial charge on any atom is 0.263 e. The molecular formula is C21H22N2O2S. The zero-order chi connectivity index (χ0) is 17.9. The molecule has 3 aromatic rings. The molecule has 2 aromatic carbocycles. The van der Waals surface area contributed by atoms with Crippen molar-refractivity contribution in [2.45, 2.75) is 32.3 Å². The van der Waals surface area contributed by atoms with Crippen LogP contribution in [0.2, 0.25) is 0 Å². The van der Waals surface area contributed by atoms with Crippen LogP contribution in [-0.4, -0.2) is 35.0 Å². The summed E-state index contributed by atoms with van der Waals surface area (Å²) in [5, 5.41) is 0.996. The Bertz CT molecular complexity index is 865. The van der Waals surface area contributed by atoms with Gasteiger partial charge in [0.25, 0.3) is 5.91 Å². The van der Waals surface area contributed by atoms with Gasteiger partial charge >= 0.3 is 0 Å². The first-order valence-electron chi connectivity index (χ1n) is 9.12. The molecule has 0 aliphatic carbocycles. The molecule has 1 atom stereocenters. The lowest BCUT2D eigenvalue weighted by Gasteiger charge is -2.29. The largest absolute Gasteiger partial charge is 0.481 e. The molecule has 2 heterocycles. The topological polar surface area (TPSA) is 42.4 Å². The van der Waals surface area contributed by atoms with E-state index in [0.29, 0.717) is 5.75 Å². The van der Waals surface area contributed by atoms with E-state index in [4.69, 9.17) is 4.74 Å². The van der Waals surface area contributed by atoms with Gasteiger partial charge in [0.15, 0.2) is 6.10 Å². The van der Waals surface area contributed by atoms with Crippen molar-refractivity contribution in [3.05, 3.63) is 48.5 Å². The molecule has 0 saturated carbocycles. The Morgan fingerprint density at radius 3 is 2.54 bits per heavy atom. The van der Waals surface area contributed by atoms with Crippen LogP contribution in [0.4, 0.5) is 0 Å². The number of likely N-dealkylation sites (tertiary alicyclic amines) is 1. The summed E-state index contributed by atoms with van der Waals surface area (Å²) in [6, 6.07) is 16.0. The van der Waals surface area contributed by atoms with E-state index in [2.05, 4.69) is 11.1 Å². The summed E-state index contributed by atoms with van der Waals surface area (Å²) in [6.45, 7) is 3.53. The Morgan fingerprint density at radius 2 is 1.81 bits per heavy atom. The fraction of sp³-hybridized carbons (Fsp3) is 0.333. The molecule has 1 aliphatic rings. The third-order valence-electron chi connectivity index (χ3n) is 4.72. The van der Waals surface area contributed by atoms with E-state index < -0.39 is 6.10 Å². The average molecular weight is 366 g/mol. The number of nitrogens with zero attached hydrogens (tertiary/aromatic N) is 2. The predicted octanol–water partition coefficient (Wildman–Crippen LogP) is 4.74. The van der Waals surface area contributed by atoms with Crippen molar-refractivity contribution >= 4 is 27.5 Å². The zero-order valence-corrected chi connectivity index (χ0v) is 15.7. The fourth-order valence-electron chi connectivity index (χ4n) is 3.30. The van der Waals surface area contributed by atoms with E-state index in [9.17, 15) is 4.79 Å². The van der Waals surface area contributed by atoms with Gasteiger partial charge in [-0.1, -0.05) is 12.1 Å². The van der Waals surface area contributed by atoms with E-state index >= 15 is 0 Å². The monoisotopic (exact) mass is 366 g/mol. The fourth-order valence-corrected chi connectivity index (χ4v) is 4.27. The molecule has 0 N–H and O–H groups in total. The van der Waals surface area contributed by atoms with Crippen LogP contribution in [0.1, 0.15) is 26.2 Å². The lowest BCUT2D eigenvalue weighted by Crippen LogP contribution is -2.43. The number of amides is 1. The van der Waals surface area contributed by atoms with Crippen LogP contribution in [0.25, 0.3) is 20.8 Å². The molecule has 134 valence electrons. The van der Waals surface area contributed by atoms with E-state index in [1.54, 1.807) is 11.3 Å². The van der Waals surface area contributed by atoms with Crippen molar-refractivity contribution in [1.82, 2.24) is 9.88 Å². The van der Waals surface area contributed by atoms with Crippen molar-refractivity contribution in [3.8, 4) is 16.3 Å². The number of para-hydroxylation sites is 1.